The van der Waals surface area contributed by atoms with Crippen molar-refractivity contribution in [3.05, 3.63) is 65.2 Å². The number of amides is 2. The zero-order chi connectivity index (χ0) is 19.0. The quantitative estimate of drug-likeness (QED) is 0.819. The fourth-order valence-corrected chi connectivity index (χ4v) is 3.51. The Balaban J connectivity index is 1.34. The van der Waals surface area contributed by atoms with Crippen molar-refractivity contribution in [3.63, 3.8) is 0 Å². The highest BCUT2D eigenvalue weighted by Crippen LogP contribution is 2.49. The minimum Gasteiger partial charge on any atom is -0.464 e. The number of rotatable bonds is 5. The molecule has 1 aliphatic heterocycles. The molecular weight excluding hydrogens is 354 g/mol. The monoisotopic (exact) mass is 372 g/mol. The van der Waals surface area contributed by atoms with Crippen LogP contribution >= 0.6 is 0 Å². The van der Waals surface area contributed by atoms with Gasteiger partial charge in [-0.1, -0.05) is 24.3 Å². The Hall–Kier alpha value is -2.96. The lowest BCUT2D eigenvalue weighted by Gasteiger charge is -2.29. The molecule has 2 amide bonds. The smallest absolute Gasteiger partial charge is 0.322 e. The maximum Gasteiger partial charge on any atom is 0.322 e. The van der Waals surface area contributed by atoms with E-state index in [9.17, 15) is 18.4 Å². The van der Waals surface area contributed by atoms with Crippen LogP contribution in [0.4, 0.5) is 19.3 Å². The molecule has 0 spiro atoms. The van der Waals surface area contributed by atoms with Crippen LogP contribution in [-0.2, 0) is 16.1 Å². The molecule has 5 nitrogen and oxygen atoms in total. The molecule has 2 aromatic rings. The first-order valence-corrected chi connectivity index (χ1v) is 8.80. The van der Waals surface area contributed by atoms with Crippen molar-refractivity contribution in [2.24, 2.45) is 5.92 Å². The molecule has 4 rings (SSSR count). The molecule has 7 heteroatoms. The van der Waals surface area contributed by atoms with Crippen LogP contribution in [0.15, 0.2) is 42.5 Å². The number of anilines is 1. The fourth-order valence-electron chi connectivity index (χ4n) is 3.51. The normalized spacial score (nSPS) is 20.7. The summed E-state index contributed by atoms with van der Waals surface area (Å²) >= 11 is 0. The van der Waals surface area contributed by atoms with E-state index in [0.29, 0.717) is 13.0 Å². The summed E-state index contributed by atoms with van der Waals surface area (Å²) in [5, 5.41) is 2.77. The number of para-hydroxylation sites is 1. The lowest BCUT2D eigenvalue weighted by molar-refractivity contribution is -0.145. The number of fused-ring (bicyclic) bond motifs is 1. The number of carbonyl (C=O) groups excluding carboxylic acids is 2. The number of urea groups is 1. The summed E-state index contributed by atoms with van der Waals surface area (Å²) in [5.74, 6) is -2.81. The average molecular weight is 372 g/mol. The molecule has 1 fully saturated rings. The fraction of sp³-hybridized carbons (Fsp3) is 0.300. The summed E-state index contributed by atoms with van der Waals surface area (Å²) < 4.78 is 32.9. The topological polar surface area (TPSA) is 58.6 Å². The molecule has 0 unspecified atom stereocenters. The highest BCUT2D eigenvalue weighted by atomic mass is 19.1. The van der Waals surface area contributed by atoms with E-state index >= 15 is 0 Å². The molecule has 1 heterocycles. The highest BCUT2D eigenvalue weighted by Gasteiger charge is 2.47. The number of ether oxygens (including phenoxy) is 1. The second kappa shape index (κ2) is 6.98. The molecule has 27 heavy (non-hydrogen) atoms. The number of esters is 1. The number of nitrogens with one attached hydrogen (secondary N) is 1. The Bertz CT molecular complexity index is 882. The second-order valence-electron chi connectivity index (χ2n) is 6.69. The van der Waals surface area contributed by atoms with Gasteiger partial charge in [-0.15, -0.1) is 0 Å². The van der Waals surface area contributed by atoms with Crippen LogP contribution in [0.25, 0.3) is 0 Å². The molecule has 0 radical (unpaired) electrons. The van der Waals surface area contributed by atoms with Gasteiger partial charge in [0.2, 0.25) is 0 Å². The Labute approximate surface area is 154 Å². The van der Waals surface area contributed by atoms with Crippen LogP contribution in [0.1, 0.15) is 23.5 Å². The van der Waals surface area contributed by atoms with Gasteiger partial charge in [0, 0.05) is 18.0 Å². The van der Waals surface area contributed by atoms with E-state index in [1.807, 2.05) is 24.3 Å². The number of benzene rings is 2. The summed E-state index contributed by atoms with van der Waals surface area (Å²) in [4.78, 5) is 25.8. The van der Waals surface area contributed by atoms with E-state index in [-0.39, 0.29) is 24.7 Å². The van der Waals surface area contributed by atoms with Crippen molar-refractivity contribution < 1.29 is 23.1 Å². The molecule has 2 atom stereocenters. The molecule has 0 bridgehead atoms. The molecular formula is C20H18F2N2O3. The number of hydrogen-bond donors (Lipinski definition) is 1. The zero-order valence-electron chi connectivity index (χ0n) is 14.5. The van der Waals surface area contributed by atoms with Crippen molar-refractivity contribution in [3.8, 4) is 0 Å². The third-order valence-corrected chi connectivity index (χ3v) is 4.98. The van der Waals surface area contributed by atoms with E-state index in [4.69, 9.17) is 4.74 Å². The van der Waals surface area contributed by atoms with Gasteiger partial charge in [0.15, 0.2) is 0 Å². The lowest BCUT2D eigenvalue weighted by Crippen LogP contribution is -2.45. The summed E-state index contributed by atoms with van der Waals surface area (Å²) in [6, 6.07) is 10.9. The Morgan fingerprint density at radius 3 is 2.67 bits per heavy atom. The third kappa shape index (κ3) is 3.37. The van der Waals surface area contributed by atoms with Crippen LogP contribution in [0, 0.1) is 17.6 Å². The first-order chi connectivity index (χ1) is 13.1. The molecule has 0 aromatic heterocycles. The Morgan fingerprint density at radius 1 is 1.15 bits per heavy atom. The minimum absolute atomic E-state index is 0.0174. The van der Waals surface area contributed by atoms with Crippen molar-refractivity contribution >= 4 is 17.7 Å². The zero-order valence-corrected chi connectivity index (χ0v) is 14.5. The maximum absolute atomic E-state index is 13.8. The number of carbonyl (C=O) groups is 2. The van der Waals surface area contributed by atoms with Gasteiger partial charge in [0.25, 0.3) is 0 Å². The van der Waals surface area contributed by atoms with Gasteiger partial charge in [-0.25, -0.2) is 13.6 Å². The van der Waals surface area contributed by atoms with Gasteiger partial charge in [0.1, 0.15) is 18.2 Å². The van der Waals surface area contributed by atoms with Gasteiger partial charge in [-0.05, 0) is 30.2 Å². The minimum atomic E-state index is -0.642. The average Bonchev–Trinajstić information content (AvgIpc) is 3.44. The van der Waals surface area contributed by atoms with Gasteiger partial charge in [0.05, 0.1) is 18.2 Å². The third-order valence-electron chi connectivity index (χ3n) is 4.98. The number of hydrogen-bond acceptors (Lipinski definition) is 3. The van der Waals surface area contributed by atoms with E-state index in [2.05, 4.69) is 5.32 Å². The van der Waals surface area contributed by atoms with Crippen LogP contribution in [0.3, 0.4) is 0 Å². The number of nitrogens with zero attached hydrogens (tertiary/aromatic N) is 1. The van der Waals surface area contributed by atoms with Gasteiger partial charge in [-0.3, -0.25) is 9.69 Å². The predicted octanol–water partition coefficient (Wildman–Crippen LogP) is 3.34. The number of halogens is 2. The maximum atomic E-state index is 13.8. The van der Waals surface area contributed by atoms with Crippen LogP contribution in [0.5, 0.6) is 0 Å². The molecule has 1 N–H and O–H groups in total. The molecule has 2 aromatic carbocycles. The van der Waals surface area contributed by atoms with Gasteiger partial charge >= 0.3 is 12.0 Å². The van der Waals surface area contributed by atoms with Crippen molar-refractivity contribution in [2.75, 3.05) is 18.1 Å². The van der Waals surface area contributed by atoms with Crippen molar-refractivity contribution in [1.29, 1.82) is 0 Å². The molecule has 1 saturated carbocycles. The molecule has 2 aliphatic rings. The SMILES string of the molecule is O=C(OCCN1C(=O)NCc2ccccc21)[C@@H]1C[C@H]1c1c(F)cccc1F. The first kappa shape index (κ1) is 17.5. The second-order valence-corrected chi connectivity index (χ2v) is 6.69. The van der Waals surface area contributed by atoms with Crippen molar-refractivity contribution in [2.45, 2.75) is 18.9 Å². The van der Waals surface area contributed by atoms with E-state index < -0.39 is 29.4 Å². The summed E-state index contributed by atoms with van der Waals surface area (Å²) in [7, 11) is 0. The summed E-state index contributed by atoms with van der Waals surface area (Å²) in [6.45, 7) is 0.687. The summed E-state index contributed by atoms with van der Waals surface area (Å²) in [5.41, 5.74) is 1.72. The Morgan fingerprint density at radius 2 is 1.89 bits per heavy atom. The first-order valence-electron chi connectivity index (χ1n) is 8.80. The van der Waals surface area contributed by atoms with E-state index in [0.717, 1.165) is 11.3 Å². The van der Waals surface area contributed by atoms with Crippen LogP contribution < -0.4 is 10.2 Å². The standard InChI is InChI=1S/C20H18F2N2O3/c21-15-5-3-6-16(22)18(15)13-10-14(13)19(25)27-9-8-24-17-7-2-1-4-12(17)11-23-20(24)26/h1-7,13-14H,8-11H2,(H,23,26)/t13-,14-/m1/s1. The molecule has 0 saturated heterocycles. The van der Waals surface area contributed by atoms with Gasteiger partial charge in [-0.2, -0.15) is 0 Å². The lowest BCUT2D eigenvalue weighted by atomic mass is 10.1. The van der Waals surface area contributed by atoms with Gasteiger partial charge < -0.3 is 10.1 Å². The highest BCUT2D eigenvalue weighted by molar-refractivity contribution is 5.94. The van der Waals surface area contributed by atoms with Crippen molar-refractivity contribution in [1.82, 2.24) is 5.32 Å². The molecule has 1 aliphatic carbocycles. The largest absolute Gasteiger partial charge is 0.464 e. The van der Waals surface area contributed by atoms with E-state index in [1.165, 1.54) is 23.1 Å². The molecule has 140 valence electrons. The Kier molecular flexibility index (Phi) is 4.51. The van der Waals surface area contributed by atoms with E-state index in [1.54, 1.807) is 0 Å². The van der Waals surface area contributed by atoms with Crippen LogP contribution in [0.2, 0.25) is 0 Å². The predicted molar refractivity (Wildman–Crippen MR) is 94.2 cm³/mol. The summed E-state index contributed by atoms with van der Waals surface area (Å²) in [6.07, 6.45) is 0.365. The van der Waals surface area contributed by atoms with Crippen LogP contribution in [-0.4, -0.2) is 25.2 Å².